The van der Waals surface area contributed by atoms with Gasteiger partial charge in [0.1, 0.15) is 0 Å². The maximum atomic E-state index is 4.06. The minimum atomic E-state index is 0.625. The van der Waals surface area contributed by atoms with E-state index >= 15 is 0 Å². The lowest BCUT2D eigenvalue weighted by atomic mass is 9.52. The molecule has 0 heterocycles. The minimum absolute atomic E-state index is 0.625. The lowest BCUT2D eigenvalue weighted by molar-refractivity contribution is -0.0300. The smallest absolute Gasteiger partial charge is 0.0192 e. The Morgan fingerprint density at radius 1 is 0.800 bits per heavy atom. The summed E-state index contributed by atoms with van der Waals surface area (Å²) >= 11 is 0. The summed E-state index contributed by atoms with van der Waals surface area (Å²) in [6.07, 6.45) is 13.7. The van der Waals surface area contributed by atoms with Gasteiger partial charge in [-0.25, -0.2) is 0 Å². The zero-order valence-corrected chi connectivity index (χ0v) is 9.67. The van der Waals surface area contributed by atoms with E-state index in [1.165, 1.54) is 38.5 Å². The van der Waals surface area contributed by atoms with Gasteiger partial charge in [0.15, 0.2) is 0 Å². The Morgan fingerprint density at radius 3 is 1.73 bits per heavy atom. The topological polar surface area (TPSA) is 12.0 Å². The van der Waals surface area contributed by atoms with Gasteiger partial charge in [0.25, 0.3) is 0 Å². The van der Waals surface area contributed by atoms with Crippen LogP contribution in [0, 0.1) is 17.8 Å². The molecule has 0 aromatic rings. The Morgan fingerprint density at radius 2 is 1.33 bits per heavy atom. The molecule has 5 aliphatic carbocycles. The molecule has 0 aliphatic heterocycles. The van der Waals surface area contributed by atoms with Crippen molar-refractivity contribution >= 4 is 0 Å². The predicted molar refractivity (Wildman–Crippen MR) is 61.7 cm³/mol. The van der Waals surface area contributed by atoms with Crippen LogP contribution >= 0.6 is 0 Å². The highest BCUT2D eigenvalue weighted by molar-refractivity contribution is 5.07. The summed E-state index contributed by atoms with van der Waals surface area (Å²) in [6.45, 7) is 0. The molecule has 0 unspecified atom stereocenters. The molecule has 0 amide bonds. The molecule has 0 radical (unpaired) electrons. The third-order valence-corrected chi connectivity index (χ3v) is 5.65. The van der Waals surface area contributed by atoms with Crippen molar-refractivity contribution in [1.82, 2.24) is 5.32 Å². The summed E-state index contributed by atoms with van der Waals surface area (Å²) in [4.78, 5) is 0. The molecule has 5 aliphatic rings. The van der Waals surface area contributed by atoms with Crippen LogP contribution < -0.4 is 5.32 Å². The maximum Gasteiger partial charge on any atom is 0.0192 e. The highest BCUT2D eigenvalue weighted by Crippen LogP contribution is 2.56. The van der Waals surface area contributed by atoms with E-state index in [0.29, 0.717) is 5.54 Å². The van der Waals surface area contributed by atoms with Crippen molar-refractivity contribution in [2.24, 2.45) is 17.8 Å². The Balaban J connectivity index is 1.55. The fourth-order valence-electron chi connectivity index (χ4n) is 5.27. The SMILES string of the molecule is C1CC(NC23CC4CC(CC(C4)C2)C3)C1. The average Bonchev–Trinajstić information content (AvgIpc) is 2.09. The molecule has 0 atom stereocenters. The molecule has 0 spiro atoms. The van der Waals surface area contributed by atoms with E-state index in [1.54, 1.807) is 19.3 Å². The Bertz CT molecular complexity index is 231. The summed E-state index contributed by atoms with van der Waals surface area (Å²) in [6, 6.07) is 0.904. The summed E-state index contributed by atoms with van der Waals surface area (Å²) < 4.78 is 0. The van der Waals surface area contributed by atoms with E-state index in [9.17, 15) is 0 Å². The van der Waals surface area contributed by atoms with Crippen molar-refractivity contribution in [2.45, 2.75) is 69.4 Å². The number of hydrogen-bond donors (Lipinski definition) is 1. The van der Waals surface area contributed by atoms with Crippen molar-refractivity contribution < 1.29 is 0 Å². The van der Waals surface area contributed by atoms with Gasteiger partial charge in [0, 0.05) is 11.6 Å². The van der Waals surface area contributed by atoms with Crippen LogP contribution in [0.1, 0.15) is 57.8 Å². The predicted octanol–water partition coefficient (Wildman–Crippen LogP) is 3.10. The van der Waals surface area contributed by atoms with Crippen LogP contribution in [-0.4, -0.2) is 11.6 Å². The van der Waals surface area contributed by atoms with Crippen molar-refractivity contribution in [2.75, 3.05) is 0 Å². The van der Waals surface area contributed by atoms with Gasteiger partial charge in [-0.1, -0.05) is 6.42 Å². The van der Waals surface area contributed by atoms with E-state index in [0.717, 1.165) is 23.8 Å². The molecule has 5 rings (SSSR count). The van der Waals surface area contributed by atoms with E-state index in [4.69, 9.17) is 0 Å². The molecule has 15 heavy (non-hydrogen) atoms. The van der Waals surface area contributed by atoms with Crippen LogP contribution in [0.25, 0.3) is 0 Å². The molecule has 5 saturated carbocycles. The molecule has 1 nitrogen and oxygen atoms in total. The fraction of sp³-hybridized carbons (Fsp3) is 1.00. The van der Waals surface area contributed by atoms with Gasteiger partial charge >= 0.3 is 0 Å². The van der Waals surface area contributed by atoms with E-state index < -0.39 is 0 Å². The molecule has 84 valence electrons. The standard InChI is InChI=1S/C14H23N/c1-2-13(3-1)15-14-7-10-4-11(8-14)6-12(5-10)9-14/h10-13,15H,1-9H2. The average molecular weight is 205 g/mol. The van der Waals surface area contributed by atoms with Crippen LogP contribution in [0.4, 0.5) is 0 Å². The first-order valence-electron chi connectivity index (χ1n) is 7.09. The summed E-state index contributed by atoms with van der Waals surface area (Å²) in [7, 11) is 0. The van der Waals surface area contributed by atoms with Crippen LogP contribution in [0.2, 0.25) is 0 Å². The monoisotopic (exact) mass is 205 g/mol. The van der Waals surface area contributed by atoms with Crippen molar-refractivity contribution in [1.29, 1.82) is 0 Å². The van der Waals surface area contributed by atoms with Crippen LogP contribution in [0.5, 0.6) is 0 Å². The van der Waals surface area contributed by atoms with Crippen molar-refractivity contribution in [3.8, 4) is 0 Å². The maximum absolute atomic E-state index is 4.06. The number of rotatable bonds is 2. The second-order valence-corrected chi connectivity index (χ2v) is 6.97. The first-order valence-corrected chi connectivity index (χ1v) is 7.09. The van der Waals surface area contributed by atoms with E-state index in [-0.39, 0.29) is 0 Å². The second-order valence-electron chi connectivity index (χ2n) is 6.97. The van der Waals surface area contributed by atoms with Gasteiger partial charge in [-0.2, -0.15) is 0 Å². The van der Waals surface area contributed by atoms with E-state index in [2.05, 4.69) is 5.32 Å². The molecular formula is C14H23N. The summed E-state index contributed by atoms with van der Waals surface area (Å²) in [5, 5.41) is 4.06. The van der Waals surface area contributed by atoms with Gasteiger partial charge in [-0.05, 0) is 69.1 Å². The Kier molecular flexibility index (Phi) is 1.81. The lowest BCUT2D eigenvalue weighted by Crippen LogP contribution is -2.61. The quantitative estimate of drug-likeness (QED) is 0.730. The van der Waals surface area contributed by atoms with Crippen LogP contribution in [0.15, 0.2) is 0 Å². The molecule has 0 saturated heterocycles. The van der Waals surface area contributed by atoms with Gasteiger partial charge in [0.05, 0.1) is 0 Å². The Labute approximate surface area is 93.0 Å². The highest BCUT2D eigenvalue weighted by atomic mass is 15.0. The highest BCUT2D eigenvalue weighted by Gasteiger charge is 2.51. The second kappa shape index (κ2) is 3.00. The number of nitrogens with one attached hydrogen (secondary N) is 1. The van der Waals surface area contributed by atoms with Gasteiger partial charge in [0.2, 0.25) is 0 Å². The molecular weight excluding hydrogens is 182 g/mol. The van der Waals surface area contributed by atoms with Crippen LogP contribution in [0.3, 0.4) is 0 Å². The van der Waals surface area contributed by atoms with E-state index in [1.807, 2.05) is 0 Å². The minimum Gasteiger partial charge on any atom is -0.308 e. The first-order chi connectivity index (χ1) is 7.31. The largest absolute Gasteiger partial charge is 0.308 e. The summed E-state index contributed by atoms with van der Waals surface area (Å²) in [5.74, 6) is 3.30. The third-order valence-electron chi connectivity index (χ3n) is 5.65. The number of hydrogen-bond acceptors (Lipinski definition) is 1. The molecule has 4 bridgehead atoms. The van der Waals surface area contributed by atoms with Gasteiger partial charge in [-0.15, -0.1) is 0 Å². The summed E-state index contributed by atoms with van der Waals surface area (Å²) in [5.41, 5.74) is 0.625. The fourth-order valence-corrected chi connectivity index (χ4v) is 5.27. The zero-order chi connectivity index (χ0) is 9.88. The lowest BCUT2D eigenvalue weighted by Gasteiger charge is -2.58. The molecule has 0 aromatic carbocycles. The van der Waals surface area contributed by atoms with Crippen LogP contribution in [-0.2, 0) is 0 Å². The van der Waals surface area contributed by atoms with Gasteiger partial charge in [-0.3, -0.25) is 0 Å². The molecule has 1 N–H and O–H groups in total. The Hall–Kier alpha value is -0.0400. The molecule has 1 heteroatoms. The van der Waals surface area contributed by atoms with Crippen molar-refractivity contribution in [3.05, 3.63) is 0 Å². The first kappa shape index (κ1) is 9.04. The molecule has 0 aromatic heterocycles. The third kappa shape index (κ3) is 1.39. The normalized spacial score (nSPS) is 53.2. The zero-order valence-electron chi connectivity index (χ0n) is 9.67. The molecule has 5 fully saturated rings. The van der Waals surface area contributed by atoms with Gasteiger partial charge < -0.3 is 5.32 Å². The van der Waals surface area contributed by atoms with Crippen molar-refractivity contribution in [3.63, 3.8) is 0 Å².